The molecule has 0 spiro atoms. The number of ketones is 1. The number of nitrogens with two attached hydrogens (primary N) is 1. The number of carbonyl (C=O) groups excluding carboxylic acids is 3. The molecule has 0 radical (unpaired) electrons. The lowest BCUT2D eigenvalue weighted by atomic mass is 9.96. The van der Waals surface area contributed by atoms with Crippen LogP contribution in [-0.2, 0) is 19.1 Å². The van der Waals surface area contributed by atoms with E-state index in [1.807, 2.05) is 0 Å². The fraction of sp³-hybridized carbons (Fsp3) is 0.375. The van der Waals surface area contributed by atoms with Crippen molar-refractivity contribution < 1.29 is 19.1 Å². The Labute approximate surface area is 75.5 Å². The molecule has 1 unspecified atom stereocenters. The minimum Gasteiger partial charge on any atom is -0.466 e. The zero-order valence-electron chi connectivity index (χ0n) is 7.49. The molecule has 0 aliphatic heterocycles. The van der Waals surface area contributed by atoms with E-state index < -0.39 is 23.6 Å². The second kappa shape index (κ2) is 4.39. The van der Waals surface area contributed by atoms with Gasteiger partial charge in [0.1, 0.15) is 11.7 Å². The van der Waals surface area contributed by atoms with Crippen LogP contribution in [0.3, 0.4) is 0 Å². The van der Waals surface area contributed by atoms with Crippen molar-refractivity contribution in [2.75, 3.05) is 7.11 Å². The summed E-state index contributed by atoms with van der Waals surface area (Å²) in [7, 11) is 1.13. The average molecular weight is 185 g/mol. The first-order chi connectivity index (χ1) is 5.91. The molecule has 0 heterocycles. The number of rotatable bonds is 4. The molecule has 1 amide bonds. The van der Waals surface area contributed by atoms with Crippen LogP contribution in [0.1, 0.15) is 6.92 Å². The molecule has 72 valence electrons. The highest BCUT2D eigenvalue weighted by Crippen LogP contribution is 2.11. The summed E-state index contributed by atoms with van der Waals surface area (Å²) >= 11 is 0. The molecule has 0 rings (SSSR count). The van der Waals surface area contributed by atoms with Gasteiger partial charge in [0.15, 0.2) is 0 Å². The van der Waals surface area contributed by atoms with Crippen LogP contribution in [0.25, 0.3) is 0 Å². The summed E-state index contributed by atoms with van der Waals surface area (Å²) in [5, 5.41) is 0. The van der Waals surface area contributed by atoms with Crippen LogP contribution >= 0.6 is 0 Å². The molecule has 0 saturated carbocycles. The lowest BCUT2D eigenvalue weighted by Gasteiger charge is -2.10. The molecule has 5 heteroatoms. The standard InChI is InChI=1S/C8H11NO4/c1-4(8(12)13-3)6(5(2)10)7(9)11/h6H,1H2,2-3H3,(H2,9,11). The molecule has 0 bridgehead atoms. The summed E-state index contributed by atoms with van der Waals surface area (Å²) in [5.74, 6) is -3.52. The number of Topliss-reactive ketones (excluding diaryl/α,β-unsaturated/α-hetero) is 1. The Morgan fingerprint density at radius 3 is 2.08 bits per heavy atom. The van der Waals surface area contributed by atoms with Gasteiger partial charge in [-0.2, -0.15) is 0 Å². The van der Waals surface area contributed by atoms with Gasteiger partial charge in [0, 0.05) is 5.57 Å². The first-order valence-corrected chi connectivity index (χ1v) is 3.48. The zero-order valence-corrected chi connectivity index (χ0v) is 7.49. The number of carbonyl (C=O) groups is 3. The number of methoxy groups -OCH3 is 1. The highest BCUT2D eigenvalue weighted by molar-refractivity contribution is 6.09. The number of esters is 1. The van der Waals surface area contributed by atoms with E-state index in [4.69, 9.17) is 5.73 Å². The van der Waals surface area contributed by atoms with Gasteiger partial charge in [-0.05, 0) is 6.92 Å². The first kappa shape index (κ1) is 11.4. The SMILES string of the molecule is C=C(C(=O)OC)C(C(C)=O)C(N)=O. The highest BCUT2D eigenvalue weighted by Gasteiger charge is 2.28. The molecule has 0 fully saturated rings. The molecule has 0 saturated heterocycles. The van der Waals surface area contributed by atoms with Crippen LogP contribution in [0.5, 0.6) is 0 Å². The Kier molecular flexibility index (Phi) is 3.84. The third kappa shape index (κ3) is 2.70. The molecule has 1 atom stereocenters. The quantitative estimate of drug-likeness (QED) is 0.360. The fourth-order valence-electron chi connectivity index (χ4n) is 0.866. The van der Waals surface area contributed by atoms with Crippen LogP contribution in [0.15, 0.2) is 12.2 Å². The van der Waals surface area contributed by atoms with E-state index in [9.17, 15) is 14.4 Å². The van der Waals surface area contributed by atoms with Crippen LogP contribution in [0.4, 0.5) is 0 Å². The van der Waals surface area contributed by atoms with Crippen molar-refractivity contribution in [3.8, 4) is 0 Å². The maximum absolute atomic E-state index is 10.9. The fourth-order valence-corrected chi connectivity index (χ4v) is 0.866. The highest BCUT2D eigenvalue weighted by atomic mass is 16.5. The number of amides is 1. The van der Waals surface area contributed by atoms with E-state index in [0.717, 1.165) is 14.0 Å². The van der Waals surface area contributed by atoms with Gasteiger partial charge in [-0.25, -0.2) is 4.79 Å². The van der Waals surface area contributed by atoms with E-state index >= 15 is 0 Å². The van der Waals surface area contributed by atoms with Gasteiger partial charge in [-0.3, -0.25) is 9.59 Å². The maximum Gasteiger partial charge on any atom is 0.334 e. The van der Waals surface area contributed by atoms with Gasteiger partial charge in [0.05, 0.1) is 7.11 Å². The summed E-state index contributed by atoms with van der Waals surface area (Å²) in [5.41, 5.74) is 4.67. The molecular formula is C8H11NO4. The molecule has 0 aliphatic rings. The third-order valence-electron chi connectivity index (χ3n) is 1.49. The number of hydrogen-bond acceptors (Lipinski definition) is 4. The van der Waals surface area contributed by atoms with E-state index in [1.54, 1.807) is 0 Å². The van der Waals surface area contributed by atoms with E-state index in [2.05, 4.69) is 11.3 Å². The van der Waals surface area contributed by atoms with E-state index in [0.29, 0.717) is 0 Å². The monoisotopic (exact) mass is 185 g/mol. The van der Waals surface area contributed by atoms with Crippen molar-refractivity contribution in [1.29, 1.82) is 0 Å². The Bertz CT molecular complexity index is 255. The van der Waals surface area contributed by atoms with Gasteiger partial charge >= 0.3 is 5.97 Å². The molecule has 0 aromatic carbocycles. The van der Waals surface area contributed by atoms with Gasteiger partial charge in [-0.1, -0.05) is 6.58 Å². The molecule has 2 N–H and O–H groups in total. The van der Waals surface area contributed by atoms with Gasteiger partial charge in [0.25, 0.3) is 0 Å². The molecule has 0 aromatic heterocycles. The van der Waals surface area contributed by atoms with Crippen LogP contribution in [0.2, 0.25) is 0 Å². The van der Waals surface area contributed by atoms with Crippen LogP contribution in [-0.4, -0.2) is 24.8 Å². The van der Waals surface area contributed by atoms with Gasteiger partial charge in [0.2, 0.25) is 5.91 Å². The summed E-state index contributed by atoms with van der Waals surface area (Å²) in [4.78, 5) is 32.5. The van der Waals surface area contributed by atoms with Crippen molar-refractivity contribution in [2.45, 2.75) is 6.92 Å². The van der Waals surface area contributed by atoms with E-state index in [1.165, 1.54) is 0 Å². The molecular weight excluding hydrogens is 174 g/mol. The van der Waals surface area contributed by atoms with Crippen molar-refractivity contribution in [1.82, 2.24) is 0 Å². The maximum atomic E-state index is 10.9. The summed E-state index contributed by atoms with van der Waals surface area (Å²) in [6.45, 7) is 4.43. The normalized spacial score (nSPS) is 11.5. The second-order valence-electron chi connectivity index (χ2n) is 2.46. The summed E-state index contributed by atoms with van der Waals surface area (Å²) in [6, 6.07) is 0. The first-order valence-electron chi connectivity index (χ1n) is 3.48. The van der Waals surface area contributed by atoms with E-state index in [-0.39, 0.29) is 5.57 Å². The lowest BCUT2D eigenvalue weighted by molar-refractivity contribution is -0.140. The Morgan fingerprint density at radius 1 is 1.38 bits per heavy atom. The predicted octanol–water partition coefficient (Wildman–Crippen LogP) is -0.594. The minimum absolute atomic E-state index is 0.234. The molecule has 5 nitrogen and oxygen atoms in total. The third-order valence-corrected chi connectivity index (χ3v) is 1.49. The van der Waals surface area contributed by atoms with Crippen molar-refractivity contribution in [3.05, 3.63) is 12.2 Å². The second-order valence-corrected chi connectivity index (χ2v) is 2.46. The van der Waals surface area contributed by atoms with Crippen LogP contribution in [0, 0.1) is 5.92 Å². The Hall–Kier alpha value is -1.65. The molecule has 0 aliphatic carbocycles. The summed E-state index contributed by atoms with van der Waals surface area (Å²) in [6.07, 6.45) is 0. The predicted molar refractivity (Wildman–Crippen MR) is 44.5 cm³/mol. The van der Waals surface area contributed by atoms with Crippen LogP contribution < -0.4 is 5.73 Å². The average Bonchev–Trinajstić information content (AvgIpc) is 2.01. The van der Waals surface area contributed by atoms with Crippen molar-refractivity contribution in [3.63, 3.8) is 0 Å². The van der Waals surface area contributed by atoms with Crippen molar-refractivity contribution in [2.24, 2.45) is 11.7 Å². The zero-order chi connectivity index (χ0) is 10.6. The minimum atomic E-state index is -1.28. The Balaban J connectivity index is 4.77. The lowest BCUT2D eigenvalue weighted by Crippen LogP contribution is -2.33. The summed E-state index contributed by atoms with van der Waals surface area (Å²) < 4.78 is 4.29. The topological polar surface area (TPSA) is 86.5 Å². The Morgan fingerprint density at radius 2 is 1.85 bits per heavy atom. The smallest absolute Gasteiger partial charge is 0.334 e. The number of primary amides is 1. The largest absolute Gasteiger partial charge is 0.466 e. The number of hydrogen-bond donors (Lipinski definition) is 1. The molecule has 13 heavy (non-hydrogen) atoms. The van der Waals surface area contributed by atoms with Crippen molar-refractivity contribution >= 4 is 17.7 Å². The van der Waals surface area contributed by atoms with Gasteiger partial charge in [-0.15, -0.1) is 0 Å². The van der Waals surface area contributed by atoms with Gasteiger partial charge < -0.3 is 10.5 Å². The number of ether oxygens (including phenoxy) is 1. The molecule has 0 aromatic rings.